The minimum absolute atomic E-state index is 0.142. The van der Waals surface area contributed by atoms with Gasteiger partial charge in [-0.1, -0.05) is 6.07 Å². The maximum atomic E-state index is 5.49. The van der Waals surface area contributed by atoms with Gasteiger partial charge in [0.05, 0.1) is 26.8 Å². The molecule has 0 aliphatic carbocycles. The normalized spacial score (nSPS) is 17.3. The molecule has 1 aliphatic heterocycles. The molecule has 1 saturated heterocycles. The molecule has 1 aromatic rings. The number of likely N-dealkylation sites (N-methyl/N-ethyl adjacent to an activating group) is 1. The highest BCUT2D eigenvalue weighted by Crippen LogP contribution is 2.31. The highest BCUT2D eigenvalue weighted by atomic mass is 16.5. The Hall–Kier alpha value is -1.99. The molecule has 2 rings (SSSR count). The number of ether oxygens (including phenoxy) is 2. The van der Waals surface area contributed by atoms with E-state index in [9.17, 15) is 0 Å². The number of nitrogens with one attached hydrogen (secondary N) is 2. The van der Waals surface area contributed by atoms with E-state index in [0.29, 0.717) is 18.6 Å². The molecule has 2 N–H and O–H groups in total. The third kappa shape index (κ3) is 6.77. The van der Waals surface area contributed by atoms with Crippen molar-refractivity contribution in [2.45, 2.75) is 51.7 Å². The third-order valence-electron chi connectivity index (χ3n) is 5.78. The Morgan fingerprint density at radius 3 is 2.37 bits per heavy atom. The van der Waals surface area contributed by atoms with Gasteiger partial charge in [0.2, 0.25) is 0 Å². The van der Waals surface area contributed by atoms with Crippen molar-refractivity contribution >= 4 is 5.96 Å². The van der Waals surface area contributed by atoms with Gasteiger partial charge in [0, 0.05) is 31.7 Å². The van der Waals surface area contributed by atoms with Gasteiger partial charge in [-0.05, 0) is 65.4 Å². The smallest absolute Gasteiger partial charge is 0.191 e. The summed E-state index contributed by atoms with van der Waals surface area (Å²) in [5, 5.41) is 7.06. The molecule has 0 amide bonds. The number of hydrogen-bond donors (Lipinski definition) is 2. The average Bonchev–Trinajstić information content (AvgIpc) is 2.73. The Morgan fingerprint density at radius 2 is 1.83 bits per heavy atom. The van der Waals surface area contributed by atoms with E-state index in [-0.39, 0.29) is 6.04 Å². The Bertz CT molecular complexity index is 670. The SMILES string of the molecule is CCNC(=NCC(c1ccc(OC)c(OC)c1)N(C)C)NC1CCN(C(C)C)CC1. The van der Waals surface area contributed by atoms with Crippen molar-refractivity contribution in [1.29, 1.82) is 0 Å². The van der Waals surface area contributed by atoms with Gasteiger partial charge in [-0.15, -0.1) is 0 Å². The molecule has 1 atom stereocenters. The van der Waals surface area contributed by atoms with Crippen LogP contribution < -0.4 is 20.1 Å². The Kier molecular flexibility index (Phi) is 9.72. The molecule has 7 heteroatoms. The van der Waals surface area contributed by atoms with Crippen LogP contribution >= 0.6 is 0 Å². The minimum atomic E-state index is 0.142. The minimum Gasteiger partial charge on any atom is -0.493 e. The van der Waals surface area contributed by atoms with Crippen molar-refractivity contribution in [3.05, 3.63) is 23.8 Å². The molecular formula is C23H41N5O2. The molecule has 1 heterocycles. The second kappa shape index (κ2) is 12.0. The second-order valence-corrected chi connectivity index (χ2v) is 8.36. The van der Waals surface area contributed by atoms with E-state index in [4.69, 9.17) is 14.5 Å². The van der Waals surface area contributed by atoms with E-state index < -0.39 is 0 Å². The lowest BCUT2D eigenvalue weighted by atomic mass is 10.0. The van der Waals surface area contributed by atoms with Crippen LogP contribution in [0.25, 0.3) is 0 Å². The number of methoxy groups -OCH3 is 2. The zero-order valence-corrected chi connectivity index (χ0v) is 19.9. The van der Waals surface area contributed by atoms with Crippen molar-refractivity contribution in [3.63, 3.8) is 0 Å². The van der Waals surface area contributed by atoms with Crippen molar-refractivity contribution < 1.29 is 9.47 Å². The predicted octanol–water partition coefficient (Wildman–Crippen LogP) is 2.73. The van der Waals surface area contributed by atoms with Gasteiger partial charge in [0.1, 0.15) is 0 Å². The molecular weight excluding hydrogens is 378 g/mol. The van der Waals surface area contributed by atoms with Crippen LogP contribution in [0.4, 0.5) is 0 Å². The molecule has 1 aromatic carbocycles. The van der Waals surface area contributed by atoms with E-state index in [2.05, 4.69) is 61.4 Å². The van der Waals surface area contributed by atoms with Gasteiger partial charge in [0.15, 0.2) is 17.5 Å². The molecule has 1 fully saturated rings. The average molecular weight is 420 g/mol. The van der Waals surface area contributed by atoms with Gasteiger partial charge in [0.25, 0.3) is 0 Å². The monoisotopic (exact) mass is 419 g/mol. The maximum absolute atomic E-state index is 5.49. The molecule has 1 unspecified atom stereocenters. The van der Waals surface area contributed by atoms with Crippen LogP contribution in [-0.2, 0) is 0 Å². The number of likely N-dealkylation sites (tertiary alicyclic amines) is 1. The fraction of sp³-hybridized carbons (Fsp3) is 0.696. The number of piperidine rings is 1. The highest BCUT2D eigenvalue weighted by molar-refractivity contribution is 5.80. The lowest BCUT2D eigenvalue weighted by Gasteiger charge is -2.35. The summed E-state index contributed by atoms with van der Waals surface area (Å²) in [6.07, 6.45) is 2.30. The highest BCUT2D eigenvalue weighted by Gasteiger charge is 2.22. The van der Waals surface area contributed by atoms with Gasteiger partial charge in [-0.25, -0.2) is 0 Å². The number of benzene rings is 1. The van der Waals surface area contributed by atoms with E-state index >= 15 is 0 Å². The molecule has 30 heavy (non-hydrogen) atoms. The molecule has 170 valence electrons. The fourth-order valence-corrected chi connectivity index (χ4v) is 3.88. The zero-order valence-electron chi connectivity index (χ0n) is 19.9. The summed E-state index contributed by atoms with van der Waals surface area (Å²) in [5.41, 5.74) is 1.16. The number of nitrogens with zero attached hydrogens (tertiary/aromatic N) is 3. The van der Waals surface area contributed by atoms with Crippen molar-refractivity contribution in [2.24, 2.45) is 4.99 Å². The largest absolute Gasteiger partial charge is 0.493 e. The summed E-state index contributed by atoms with van der Waals surface area (Å²) in [7, 11) is 7.49. The van der Waals surface area contributed by atoms with Gasteiger partial charge >= 0.3 is 0 Å². The Balaban J connectivity index is 2.08. The van der Waals surface area contributed by atoms with Crippen LogP contribution in [0.2, 0.25) is 0 Å². The van der Waals surface area contributed by atoms with Crippen molar-refractivity contribution in [1.82, 2.24) is 20.4 Å². The van der Waals surface area contributed by atoms with Gasteiger partial charge in [-0.2, -0.15) is 0 Å². The Morgan fingerprint density at radius 1 is 1.17 bits per heavy atom. The van der Waals surface area contributed by atoms with Crippen LogP contribution in [0.3, 0.4) is 0 Å². The summed E-state index contributed by atoms with van der Waals surface area (Å²) in [6.45, 7) is 10.4. The summed E-state index contributed by atoms with van der Waals surface area (Å²) < 4.78 is 10.9. The standard InChI is InChI=1S/C23H41N5O2/c1-8-24-23(26-19-11-13-28(14-12-19)17(2)3)25-16-20(27(4)5)18-9-10-21(29-6)22(15-18)30-7/h9-10,15,17,19-20H,8,11-14,16H2,1-7H3,(H2,24,25,26). The number of guanidine groups is 1. The molecule has 0 saturated carbocycles. The topological polar surface area (TPSA) is 61.4 Å². The van der Waals surface area contributed by atoms with E-state index in [1.54, 1.807) is 14.2 Å². The van der Waals surface area contributed by atoms with Crippen LogP contribution in [0.1, 0.15) is 45.2 Å². The molecule has 0 spiro atoms. The predicted molar refractivity (Wildman–Crippen MR) is 125 cm³/mol. The molecule has 0 radical (unpaired) electrons. The van der Waals surface area contributed by atoms with Gasteiger partial charge in [-0.3, -0.25) is 4.99 Å². The number of aliphatic imine (C=N–C) groups is 1. The number of hydrogen-bond acceptors (Lipinski definition) is 5. The first-order valence-electron chi connectivity index (χ1n) is 11.1. The molecule has 0 bridgehead atoms. The first-order valence-corrected chi connectivity index (χ1v) is 11.1. The fourth-order valence-electron chi connectivity index (χ4n) is 3.88. The molecule has 1 aliphatic rings. The first kappa shape index (κ1) is 24.3. The summed E-state index contributed by atoms with van der Waals surface area (Å²) >= 11 is 0. The third-order valence-corrected chi connectivity index (χ3v) is 5.78. The van der Waals surface area contributed by atoms with Crippen molar-refractivity contribution in [3.8, 4) is 11.5 Å². The summed E-state index contributed by atoms with van der Waals surface area (Å²) in [6, 6.07) is 7.32. The van der Waals surface area contributed by atoms with Crippen LogP contribution in [-0.4, -0.2) is 82.3 Å². The van der Waals surface area contributed by atoms with Crippen LogP contribution in [0.15, 0.2) is 23.2 Å². The number of rotatable bonds is 9. The lowest BCUT2D eigenvalue weighted by Crippen LogP contribution is -2.50. The van der Waals surface area contributed by atoms with Crippen LogP contribution in [0.5, 0.6) is 11.5 Å². The van der Waals surface area contributed by atoms with Gasteiger partial charge < -0.3 is 29.9 Å². The quantitative estimate of drug-likeness (QED) is 0.474. The second-order valence-electron chi connectivity index (χ2n) is 8.36. The van der Waals surface area contributed by atoms with E-state index in [0.717, 1.165) is 55.5 Å². The first-order chi connectivity index (χ1) is 14.4. The summed E-state index contributed by atoms with van der Waals surface area (Å²) in [4.78, 5) is 9.66. The van der Waals surface area contributed by atoms with Crippen molar-refractivity contribution in [2.75, 3.05) is 54.5 Å². The zero-order chi connectivity index (χ0) is 22.1. The van der Waals surface area contributed by atoms with E-state index in [1.165, 1.54) is 0 Å². The van der Waals surface area contributed by atoms with E-state index in [1.807, 2.05) is 12.1 Å². The Labute approximate surface area is 182 Å². The summed E-state index contributed by atoms with van der Waals surface area (Å²) in [5.74, 6) is 2.38. The molecule has 7 nitrogen and oxygen atoms in total. The molecule has 0 aromatic heterocycles. The van der Waals surface area contributed by atoms with Crippen LogP contribution in [0, 0.1) is 0 Å². The lowest BCUT2D eigenvalue weighted by molar-refractivity contribution is 0.167. The maximum Gasteiger partial charge on any atom is 0.191 e.